The first-order chi connectivity index (χ1) is 7.17. The monoisotopic (exact) mass is 212 g/mol. The van der Waals surface area contributed by atoms with E-state index in [1.165, 1.54) is 45.7 Å². The van der Waals surface area contributed by atoms with Crippen LogP contribution in [0.15, 0.2) is 0 Å². The Morgan fingerprint density at radius 1 is 0.933 bits per heavy atom. The lowest BCUT2D eigenvalue weighted by atomic mass is 9.92. The molecule has 90 valence electrons. The normalized spacial score (nSPS) is 22.2. The lowest BCUT2D eigenvalue weighted by Gasteiger charge is -2.36. The van der Waals surface area contributed by atoms with Gasteiger partial charge in [0.1, 0.15) is 0 Å². The van der Waals surface area contributed by atoms with E-state index < -0.39 is 0 Å². The molecule has 1 atom stereocenters. The van der Waals surface area contributed by atoms with Gasteiger partial charge in [0.05, 0.1) is 0 Å². The molecule has 2 heteroatoms. The van der Waals surface area contributed by atoms with Crippen LogP contribution in [0.5, 0.6) is 0 Å². The van der Waals surface area contributed by atoms with Crippen molar-refractivity contribution in [3.8, 4) is 0 Å². The minimum absolute atomic E-state index is 0.833. The van der Waals surface area contributed by atoms with Crippen molar-refractivity contribution in [1.82, 2.24) is 9.80 Å². The van der Waals surface area contributed by atoms with Crippen LogP contribution in [0.3, 0.4) is 0 Å². The Morgan fingerprint density at radius 2 is 1.47 bits per heavy atom. The Morgan fingerprint density at radius 3 is 1.87 bits per heavy atom. The number of hydrogen-bond acceptors (Lipinski definition) is 2. The highest BCUT2D eigenvalue weighted by molar-refractivity contribution is 4.74. The molecule has 1 aliphatic heterocycles. The second-order valence-electron chi connectivity index (χ2n) is 5.15. The average Bonchev–Trinajstić information content (AvgIpc) is 2.26. The zero-order chi connectivity index (χ0) is 11.3. The maximum absolute atomic E-state index is 2.65. The molecule has 15 heavy (non-hydrogen) atoms. The highest BCUT2D eigenvalue weighted by Gasteiger charge is 2.19. The number of rotatable bonds is 5. The fourth-order valence-corrected chi connectivity index (χ4v) is 2.43. The molecule has 0 bridgehead atoms. The predicted octanol–water partition coefficient (Wildman–Crippen LogP) is 2.31. The Balaban J connectivity index is 2.28. The topological polar surface area (TPSA) is 6.48 Å². The van der Waals surface area contributed by atoms with Crippen molar-refractivity contribution in [3.63, 3.8) is 0 Å². The summed E-state index contributed by atoms with van der Waals surface area (Å²) in [5, 5.41) is 0. The van der Waals surface area contributed by atoms with Crippen LogP contribution >= 0.6 is 0 Å². The summed E-state index contributed by atoms with van der Waals surface area (Å²) in [4.78, 5) is 5.20. The Hall–Kier alpha value is -0.0800. The highest BCUT2D eigenvalue weighted by Crippen LogP contribution is 2.17. The van der Waals surface area contributed by atoms with Gasteiger partial charge in [0.2, 0.25) is 0 Å². The summed E-state index contributed by atoms with van der Waals surface area (Å²) in [6.07, 6.45) is 1.33. The van der Waals surface area contributed by atoms with Crippen LogP contribution in [0.2, 0.25) is 0 Å². The summed E-state index contributed by atoms with van der Waals surface area (Å²) >= 11 is 0. The summed E-state index contributed by atoms with van der Waals surface area (Å²) in [5.41, 5.74) is 0. The summed E-state index contributed by atoms with van der Waals surface area (Å²) < 4.78 is 0. The van der Waals surface area contributed by atoms with Crippen molar-refractivity contribution >= 4 is 0 Å². The third-order valence-corrected chi connectivity index (χ3v) is 3.87. The molecule has 1 heterocycles. The quantitative estimate of drug-likeness (QED) is 0.690. The summed E-state index contributed by atoms with van der Waals surface area (Å²) in [6, 6.07) is 0. The Labute approximate surface area is 95.6 Å². The summed E-state index contributed by atoms with van der Waals surface area (Å²) in [6.45, 7) is 16.9. The summed E-state index contributed by atoms with van der Waals surface area (Å²) in [7, 11) is 0. The van der Waals surface area contributed by atoms with Crippen LogP contribution in [0.4, 0.5) is 0 Å². The van der Waals surface area contributed by atoms with Gasteiger partial charge in [0, 0.05) is 32.7 Å². The van der Waals surface area contributed by atoms with Crippen molar-refractivity contribution in [2.24, 2.45) is 11.8 Å². The molecule has 0 aromatic rings. The smallest absolute Gasteiger partial charge is 0.0110 e. The van der Waals surface area contributed by atoms with Gasteiger partial charge < -0.3 is 9.80 Å². The Kier molecular flexibility index (Phi) is 5.62. The second-order valence-corrected chi connectivity index (χ2v) is 5.15. The molecule has 0 saturated carbocycles. The zero-order valence-corrected chi connectivity index (χ0v) is 11.0. The SMILES string of the molecule is CCC(CN1CCN(CC)CC1)C(C)C. The molecule has 1 saturated heterocycles. The first kappa shape index (κ1) is 13.0. The van der Waals surface area contributed by atoms with Gasteiger partial charge in [-0.1, -0.05) is 34.1 Å². The molecule has 0 spiro atoms. The molecule has 1 rings (SSSR count). The molecule has 0 aromatic carbocycles. The molecular formula is C13H28N2. The fraction of sp³-hybridized carbons (Fsp3) is 1.00. The van der Waals surface area contributed by atoms with Crippen LogP contribution in [0, 0.1) is 11.8 Å². The minimum Gasteiger partial charge on any atom is -0.301 e. The van der Waals surface area contributed by atoms with Crippen LogP contribution in [0.25, 0.3) is 0 Å². The predicted molar refractivity (Wildman–Crippen MR) is 67.2 cm³/mol. The second kappa shape index (κ2) is 6.49. The molecule has 0 N–H and O–H groups in total. The molecule has 0 aliphatic carbocycles. The van der Waals surface area contributed by atoms with Crippen molar-refractivity contribution in [3.05, 3.63) is 0 Å². The first-order valence-electron chi connectivity index (χ1n) is 6.62. The zero-order valence-electron chi connectivity index (χ0n) is 11.0. The van der Waals surface area contributed by atoms with Crippen molar-refractivity contribution in [2.75, 3.05) is 39.3 Å². The van der Waals surface area contributed by atoms with Gasteiger partial charge >= 0.3 is 0 Å². The van der Waals surface area contributed by atoms with Gasteiger partial charge in [-0.2, -0.15) is 0 Å². The number of likely N-dealkylation sites (N-methyl/N-ethyl adjacent to an activating group) is 1. The number of nitrogens with zero attached hydrogens (tertiary/aromatic N) is 2. The van der Waals surface area contributed by atoms with Gasteiger partial charge in [0.25, 0.3) is 0 Å². The van der Waals surface area contributed by atoms with Gasteiger partial charge in [-0.3, -0.25) is 0 Å². The lowest BCUT2D eigenvalue weighted by molar-refractivity contribution is 0.111. The van der Waals surface area contributed by atoms with Crippen molar-refractivity contribution in [2.45, 2.75) is 34.1 Å². The van der Waals surface area contributed by atoms with Gasteiger partial charge in [-0.05, 0) is 18.4 Å². The van der Waals surface area contributed by atoms with E-state index in [-0.39, 0.29) is 0 Å². The van der Waals surface area contributed by atoms with Crippen LogP contribution in [0.1, 0.15) is 34.1 Å². The summed E-state index contributed by atoms with van der Waals surface area (Å²) in [5.74, 6) is 1.72. The van der Waals surface area contributed by atoms with Crippen molar-refractivity contribution < 1.29 is 0 Å². The van der Waals surface area contributed by atoms with Crippen LogP contribution in [-0.4, -0.2) is 49.1 Å². The van der Waals surface area contributed by atoms with Crippen molar-refractivity contribution in [1.29, 1.82) is 0 Å². The highest BCUT2D eigenvalue weighted by atomic mass is 15.3. The third-order valence-electron chi connectivity index (χ3n) is 3.87. The maximum atomic E-state index is 2.65. The number of piperazine rings is 1. The van der Waals surface area contributed by atoms with E-state index in [4.69, 9.17) is 0 Å². The lowest BCUT2D eigenvalue weighted by Crippen LogP contribution is -2.47. The van der Waals surface area contributed by atoms with E-state index in [1.54, 1.807) is 0 Å². The van der Waals surface area contributed by atoms with Crippen LogP contribution < -0.4 is 0 Å². The molecule has 1 fully saturated rings. The molecule has 0 aromatic heterocycles. The molecular weight excluding hydrogens is 184 g/mol. The molecule has 0 amide bonds. The van der Waals surface area contributed by atoms with Crippen LogP contribution in [-0.2, 0) is 0 Å². The molecule has 1 unspecified atom stereocenters. The van der Waals surface area contributed by atoms with E-state index in [2.05, 4.69) is 37.5 Å². The van der Waals surface area contributed by atoms with Gasteiger partial charge in [-0.15, -0.1) is 0 Å². The van der Waals surface area contributed by atoms with Gasteiger partial charge in [-0.25, -0.2) is 0 Å². The first-order valence-corrected chi connectivity index (χ1v) is 6.62. The van der Waals surface area contributed by atoms with E-state index in [0.717, 1.165) is 11.8 Å². The fourth-order valence-electron chi connectivity index (χ4n) is 2.43. The number of hydrogen-bond donors (Lipinski definition) is 0. The van der Waals surface area contributed by atoms with E-state index in [1.807, 2.05) is 0 Å². The van der Waals surface area contributed by atoms with E-state index in [0.29, 0.717) is 0 Å². The minimum atomic E-state index is 0.833. The molecule has 0 radical (unpaired) electrons. The standard InChI is InChI=1S/C13H28N2/c1-5-13(12(3)4)11-15-9-7-14(6-2)8-10-15/h12-13H,5-11H2,1-4H3. The molecule has 2 nitrogen and oxygen atoms in total. The maximum Gasteiger partial charge on any atom is 0.0110 e. The average molecular weight is 212 g/mol. The third kappa shape index (κ3) is 4.12. The van der Waals surface area contributed by atoms with Gasteiger partial charge in [0.15, 0.2) is 0 Å². The van der Waals surface area contributed by atoms with E-state index in [9.17, 15) is 0 Å². The molecule has 1 aliphatic rings. The largest absolute Gasteiger partial charge is 0.301 e. The Bertz CT molecular complexity index is 160. The van der Waals surface area contributed by atoms with E-state index >= 15 is 0 Å².